The molecule has 2 unspecified atom stereocenters. The van der Waals surface area contributed by atoms with Crippen molar-refractivity contribution in [3.05, 3.63) is 0 Å². The predicted molar refractivity (Wildman–Crippen MR) is 78.7 cm³/mol. The first-order chi connectivity index (χ1) is 8.80. The first-order valence-electron chi connectivity index (χ1n) is 8.26. The summed E-state index contributed by atoms with van der Waals surface area (Å²) in [5, 5.41) is 0. The molecule has 1 saturated heterocycles. The van der Waals surface area contributed by atoms with Crippen LogP contribution in [0.3, 0.4) is 0 Å². The van der Waals surface area contributed by atoms with Crippen molar-refractivity contribution in [1.29, 1.82) is 0 Å². The molecular weight excluding hydrogens is 220 g/mol. The Morgan fingerprint density at radius 1 is 1.06 bits per heavy atom. The van der Waals surface area contributed by atoms with E-state index in [4.69, 9.17) is 5.73 Å². The highest BCUT2D eigenvalue weighted by Crippen LogP contribution is 2.38. The Morgan fingerprint density at radius 3 is 2.33 bits per heavy atom. The van der Waals surface area contributed by atoms with Crippen molar-refractivity contribution in [2.75, 3.05) is 19.6 Å². The van der Waals surface area contributed by atoms with E-state index in [0.717, 1.165) is 12.5 Å². The molecule has 0 bridgehead atoms. The second-order valence-corrected chi connectivity index (χ2v) is 6.55. The molecule has 106 valence electrons. The van der Waals surface area contributed by atoms with E-state index in [9.17, 15) is 0 Å². The summed E-state index contributed by atoms with van der Waals surface area (Å²) in [6, 6.07) is 0. The Morgan fingerprint density at radius 2 is 1.72 bits per heavy atom. The van der Waals surface area contributed by atoms with Crippen LogP contribution in [0.1, 0.15) is 71.1 Å². The van der Waals surface area contributed by atoms with E-state index in [1.54, 1.807) is 0 Å². The molecule has 0 aromatic rings. The third kappa shape index (κ3) is 3.27. The van der Waals surface area contributed by atoms with Gasteiger partial charge in [-0.1, -0.05) is 45.4 Å². The SMILES string of the molecule is CCC1CCCC(CN)(N2CCCCCCC2)C1. The van der Waals surface area contributed by atoms with Crippen molar-refractivity contribution in [2.45, 2.75) is 76.7 Å². The van der Waals surface area contributed by atoms with Gasteiger partial charge in [0.2, 0.25) is 0 Å². The molecule has 2 rings (SSSR count). The number of rotatable bonds is 3. The fourth-order valence-corrected chi connectivity index (χ4v) is 4.13. The van der Waals surface area contributed by atoms with E-state index in [1.807, 2.05) is 0 Å². The van der Waals surface area contributed by atoms with Gasteiger partial charge in [0.15, 0.2) is 0 Å². The van der Waals surface area contributed by atoms with Crippen LogP contribution in [0.15, 0.2) is 0 Å². The summed E-state index contributed by atoms with van der Waals surface area (Å²) >= 11 is 0. The van der Waals surface area contributed by atoms with Crippen molar-refractivity contribution in [2.24, 2.45) is 11.7 Å². The average Bonchev–Trinajstić information content (AvgIpc) is 2.38. The van der Waals surface area contributed by atoms with Gasteiger partial charge in [0.1, 0.15) is 0 Å². The average molecular weight is 252 g/mol. The quantitative estimate of drug-likeness (QED) is 0.832. The highest BCUT2D eigenvalue weighted by Gasteiger charge is 2.39. The molecule has 2 N–H and O–H groups in total. The van der Waals surface area contributed by atoms with E-state index in [-0.39, 0.29) is 0 Å². The topological polar surface area (TPSA) is 29.3 Å². The van der Waals surface area contributed by atoms with Gasteiger partial charge in [-0.3, -0.25) is 4.90 Å². The largest absolute Gasteiger partial charge is 0.329 e. The maximum absolute atomic E-state index is 6.23. The lowest BCUT2D eigenvalue weighted by molar-refractivity contribution is 0.0287. The van der Waals surface area contributed by atoms with Crippen molar-refractivity contribution in [3.63, 3.8) is 0 Å². The zero-order valence-electron chi connectivity index (χ0n) is 12.3. The molecule has 0 amide bonds. The van der Waals surface area contributed by atoms with Crippen LogP contribution in [0.4, 0.5) is 0 Å². The molecule has 2 aliphatic rings. The molecule has 1 aliphatic heterocycles. The molecule has 1 saturated carbocycles. The van der Waals surface area contributed by atoms with E-state index in [2.05, 4.69) is 11.8 Å². The molecule has 18 heavy (non-hydrogen) atoms. The lowest BCUT2D eigenvalue weighted by atomic mass is 9.73. The van der Waals surface area contributed by atoms with Gasteiger partial charge < -0.3 is 5.73 Å². The van der Waals surface area contributed by atoms with Gasteiger partial charge in [0, 0.05) is 12.1 Å². The van der Waals surface area contributed by atoms with Crippen LogP contribution in [0.2, 0.25) is 0 Å². The fraction of sp³-hybridized carbons (Fsp3) is 1.00. The molecule has 2 atom stereocenters. The van der Waals surface area contributed by atoms with Crippen molar-refractivity contribution in [3.8, 4) is 0 Å². The predicted octanol–water partition coefficient (Wildman–Crippen LogP) is 3.55. The van der Waals surface area contributed by atoms with Crippen molar-refractivity contribution in [1.82, 2.24) is 4.90 Å². The van der Waals surface area contributed by atoms with E-state index in [1.165, 1.54) is 77.3 Å². The lowest BCUT2D eigenvalue weighted by Crippen LogP contribution is -2.57. The molecule has 0 spiro atoms. The Hall–Kier alpha value is -0.0800. The molecule has 2 fully saturated rings. The van der Waals surface area contributed by atoms with Gasteiger partial charge >= 0.3 is 0 Å². The Labute approximate surface area is 113 Å². The molecule has 1 aliphatic carbocycles. The Bertz CT molecular complexity index is 233. The minimum atomic E-state index is 0.357. The molecule has 1 heterocycles. The minimum Gasteiger partial charge on any atom is -0.329 e. The number of nitrogens with zero attached hydrogens (tertiary/aromatic N) is 1. The first-order valence-corrected chi connectivity index (χ1v) is 8.26. The number of likely N-dealkylation sites (tertiary alicyclic amines) is 1. The van der Waals surface area contributed by atoms with E-state index >= 15 is 0 Å². The third-order valence-corrected chi connectivity index (χ3v) is 5.41. The smallest absolute Gasteiger partial charge is 0.0334 e. The van der Waals surface area contributed by atoms with E-state index < -0.39 is 0 Å². The van der Waals surface area contributed by atoms with E-state index in [0.29, 0.717) is 5.54 Å². The number of hydrogen-bond acceptors (Lipinski definition) is 2. The molecular formula is C16H32N2. The van der Waals surface area contributed by atoms with Crippen molar-refractivity contribution < 1.29 is 0 Å². The monoisotopic (exact) mass is 252 g/mol. The van der Waals surface area contributed by atoms with Gasteiger partial charge in [0.05, 0.1) is 0 Å². The lowest BCUT2D eigenvalue weighted by Gasteiger charge is -2.49. The first kappa shape index (κ1) is 14.3. The number of nitrogens with two attached hydrogens (primary N) is 1. The fourth-order valence-electron chi connectivity index (χ4n) is 4.13. The van der Waals surface area contributed by atoms with Crippen molar-refractivity contribution >= 4 is 0 Å². The maximum Gasteiger partial charge on any atom is 0.0334 e. The molecule has 0 aromatic carbocycles. The Balaban J connectivity index is 2.03. The summed E-state index contributed by atoms with van der Waals surface area (Å²) in [5.41, 5.74) is 6.59. The molecule has 0 aromatic heterocycles. The highest BCUT2D eigenvalue weighted by molar-refractivity contribution is 4.96. The maximum atomic E-state index is 6.23. The van der Waals surface area contributed by atoms with Crippen LogP contribution in [0, 0.1) is 5.92 Å². The highest BCUT2D eigenvalue weighted by atomic mass is 15.2. The normalized spacial score (nSPS) is 36.0. The number of hydrogen-bond donors (Lipinski definition) is 1. The van der Waals surface area contributed by atoms with Crippen LogP contribution in [-0.2, 0) is 0 Å². The van der Waals surface area contributed by atoms with Gasteiger partial charge in [-0.15, -0.1) is 0 Å². The molecule has 2 heteroatoms. The standard InChI is InChI=1S/C16H32N2/c1-2-15-9-8-10-16(13-15,14-17)18-11-6-4-3-5-7-12-18/h15H,2-14,17H2,1H3. The van der Waals surface area contributed by atoms with Crippen LogP contribution in [0.25, 0.3) is 0 Å². The van der Waals surface area contributed by atoms with Gasteiger partial charge in [0.25, 0.3) is 0 Å². The summed E-state index contributed by atoms with van der Waals surface area (Å²) in [5.74, 6) is 0.924. The summed E-state index contributed by atoms with van der Waals surface area (Å²) in [7, 11) is 0. The second-order valence-electron chi connectivity index (χ2n) is 6.55. The van der Waals surface area contributed by atoms with Crippen LogP contribution < -0.4 is 5.73 Å². The molecule has 2 nitrogen and oxygen atoms in total. The molecule has 0 radical (unpaired) electrons. The summed E-state index contributed by atoms with van der Waals surface area (Å²) in [6.07, 6.45) is 14.0. The van der Waals surface area contributed by atoms with Gasteiger partial charge in [-0.25, -0.2) is 0 Å². The summed E-state index contributed by atoms with van der Waals surface area (Å²) in [6.45, 7) is 5.83. The third-order valence-electron chi connectivity index (χ3n) is 5.41. The van der Waals surface area contributed by atoms with Gasteiger partial charge in [-0.2, -0.15) is 0 Å². The minimum absolute atomic E-state index is 0.357. The van der Waals surface area contributed by atoms with Crippen LogP contribution >= 0.6 is 0 Å². The summed E-state index contributed by atoms with van der Waals surface area (Å²) in [4.78, 5) is 2.79. The van der Waals surface area contributed by atoms with Crippen LogP contribution in [-0.4, -0.2) is 30.1 Å². The van der Waals surface area contributed by atoms with Crippen LogP contribution in [0.5, 0.6) is 0 Å². The van der Waals surface area contributed by atoms with Gasteiger partial charge in [-0.05, 0) is 44.7 Å². The second kappa shape index (κ2) is 6.91. The zero-order chi connectivity index (χ0) is 12.8. The summed E-state index contributed by atoms with van der Waals surface area (Å²) < 4.78 is 0. The Kier molecular flexibility index (Phi) is 5.50. The zero-order valence-corrected chi connectivity index (χ0v) is 12.3.